The van der Waals surface area contributed by atoms with Gasteiger partial charge in [0.25, 0.3) is 0 Å². The molecule has 137 heavy (non-hydrogen) atoms. The van der Waals surface area contributed by atoms with E-state index >= 15 is 0 Å². The zero-order valence-electron chi connectivity index (χ0n) is 77.8. The summed E-state index contributed by atoms with van der Waals surface area (Å²) in [5.41, 5.74) is 25.3. The fraction of sp³-hybridized carbons (Fsp3) is 0.193. The predicted octanol–water partition coefficient (Wildman–Crippen LogP) is 21.8. The highest BCUT2D eigenvalue weighted by atomic mass is 32.2. The number of carbonyl (C=O) groups excluding carboxylic acids is 5. The molecule has 0 unspecified atom stereocenters. The summed E-state index contributed by atoms with van der Waals surface area (Å²) in [6, 6.07) is 77.9. The smallest absolute Gasteiger partial charge is 0.216 e. The van der Waals surface area contributed by atoms with Crippen LogP contribution >= 0.6 is 23.5 Å². The first-order valence-corrected chi connectivity index (χ1v) is 46.7. The van der Waals surface area contributed by atoms with Crippen LogP contribution in [-0.2, 0) is 56.1 Å². The summed E-state index contributed by atoms with van der Waals surface area (Å²) < 4.78 is 38.6. The van der Waals surface area contributed by atoms with Crippen molar-refractivity contribution < 1.29 is 56.8 Å². The molecule has 0 saturated heterocycles. The highest BCUT2D eigenvalue weighted by Gasteiger charge is 2.27. The van der Waals surface area contributed by atoms with E-state index < -0.39 is 0 Å². The summed E-state index contributed by atoms with van der Waals surface area (Å²) in [5, 5.41) is 31.3. The number of fused-ring (bicyclic) bond motifs is 12. The third-order valence-corrected chi connectivity index (χ3v) is 26.8. The molecule has 1 aliphatic rings. The van der Waals surface area contributed by atoms with Crippen molar-refractivity contribution in [3.05, 3.63) is 271 Å². The first-order valence-electron chi connectivity index (χ1n) is 45.1. The number of aromatic nitrogens is 9. The normalized spacial score (nSPS) is 11.4. The van der Waals surface area contributed by atoms with Gasteiger partial charge in [-0.3, -0.25) is 29.1 Å². The Labute approximate surface area is 798 Å². The zero-order valence-corrected chi connectivity index (χ0v) is 79.5. The Kier molecular flexibility index (Phi) is 28.5. The number of amides is 5. The molecule has 0 saturated carbocycles. The number of methoxy groups -OCH3 is 6. The van der Waals surface area contributed by atoms with Crippen LogP contribution in [0.25, 0.3) is 155 Å². The minimum absolute atomic E-state index is 0.0142. The summed E-state index contributed by atoms with van der Waals surface area (Å²) in [4.78, 5) is 86.4. The molecule has 0 spiro atoms. The average Bonchev–Trinajstić information content (AvgIpc) is 1.59. The minimum Gasteiger partial charge on any atom is -0.497 e. The number of carbonyl (C=O) groups is 5. The standard InChI is InChI=1S/C25H22N2O3.C25H22N2O2S2.C22H23N3O3.C21H21N3O2.C16H18N4O2/c1-15(28)26-13-12-18-21-14-16(29-2)10-11-22(21)27-24(18)20-8-5-7-19-17-6-3-4-9-23(17)30-25(19)20;1-15(28)26-13-12-17-19-14-16(29-2)10-11-20(19)27-24(17)18-6-5-9-23-25(18)31-22-8-4-3-7-21(22)30-23;1-13(26)23-9-8-17-18-12-16(28-3)5-7-20(18)25-22(17)21-11-14-10-15(27-2)4-6-19(14)24-21;1-13(25)22-10-9-16-17-12-15(26-2)7-8-19(17)24-21(16)20-11-14-5-3-4-6-18(14)23-20;1-10(21)17-6-5-13-14-7-12(22-2)3-4-15(14)20-16(13)11-8-18-19-9-11/h3-11,14,27H,12-13H2,1-2H3,(H,26,28);3-11,14,27H,12-13H2,1-2H3,(H,26,28);4-7,10-12,24-25H,8-9H2,1-3H3,(H,23,26);3-8,11-12,23-24H,9-10H2,1-2H3,(H,22,25);3-4,7-9,20H,5-6H2,1-2H3,(H,17,21)(H,18,19). The monoisotopic (exact) mass is 1870 g/mol. The third kappa shape index (κ3) is 20.7. The van der Waals surface area contributed by atoms with Gasteiger partial charge >= 0.3 is 0 Å². The van der Waals surface area contributed by atoms with E-state index in [4.69, 9.17) is 32.8 Å². The van der Waals surface area contributed by atoms with Gasteiger partial charge < -0.3 is 94.3 Å². The molecule has 13 N–H and O–H groups in total. The number of benzene rings is 11. The summed E-state index contributed by atoms with van der Waals surface area (Å²) in [7, 11) is 10.0. The first kappa shape index (κ1) is 92.9. The van der Waals surface area contributed by atoms with Crippen molar-refractivity contribution in [1.82, 2.24) is 71.7 Å². The molecule has 0 fully saturated rings. The van der Waals surface area contributed by atoms with Crippen molar-refractivity contribution in [3.63, 3.8) is 0 Å². The van der Waals surface area contributed by atoms with Crippen LogP contribution in [0.1, 0.15) is 62.4 Å². The van der Waals surface area contributed by atoms with Crippen LogP contribution in [0.2, 0.25) is 0 Å². The molecular formula is C109H106N14O12S2. The number of aromatic amines is 8. The number of ether oxygens (including phenoxy) is 6. The number of rotatable bonds is 26. The fourth-order valence-electron chi connectivity index (χ4n) is 17.7. The van der Waals surface area contributed by atoms with E-state index in [9.17, 15) is 24.0 Å². The molecule has 0 atom stereocenters. The van der Waals surface area contributed by atoms with Crippen LogP contribution in [0.5, 0.6) is 34.5 Å². The highest BCUT2D eigenvalue weighted by Crippen LogP contribution is 2.53. The first-order chi connectivity index (χ1) is 66.7. The van der Waals surface area contributed by atoms with E-state index in [1.165, 1.54) is 69.4 Å². The van der Waals surface area contributed by atoms with Crippen LogP contribution in [-0.4, -0.2) is 150 Å². The third-order valence-electron chi connectivity index (χ3n) is 24.2. The molecule has 5 amide bonds. The van der Waals surface area contributed by atoms with Gasteiger partial charge in [0.15, 0.2) is 0 Å². The van der Waals surface area contributed by atoms with Crippen molar-refractivity contribution in [2.75, 3.05) is 75.4 Å². The maximum Gasteiger partial charge on any atom is 0.216 e. The van der Waals surface area contributed by atoms with Gasteiger partial charge in [-0.2, -0.15) is 5.10 Å². The van der Waals surface area contributed by atoms with Gasteiger partial charge in [-0.25, -0.2) is 0 Å². The minimum atomic E-state index is -0.0339. The molecule has 28 heteroatoms. The fourth-order valence-corrected chi connectivity index (χ4v) is 20.1. The molecule has 696 valence electrons. The lowest BCUT2D eigenvalue weighted by Crippen LogP contribution is -2.22. The Hall–Kier alpha value is -15.9. The topological polar surface area (TPSA) is 353 Å². The number of nitrogens with zero attached hydrogens (tertiary/aromatic N) is 1. The van der Waals surface area contributed by atoms with Gasteiger partial charge in [-0.15, -0.1) is 0 Å². The Morgan fingerprint density at radius 1 is 0.314 bits per heavy atom. The van der Waals surface area contributed by atoms with Crippen LogP contribution in [0, 0.1) is 0 Å². The summed E-state index contributed by atoms with van der Waals surface area (Å²) in [6.07, 6.45) is 7.23. The maximum atomic E-state index is 11.5. The lowest BCUT2D eigenvalue weighted by Gasteiger charge is -2.21. The molecule has 0 bridgehead atoms. The molecule has 0 aliphatic carbocycles. The van der Waals surface area contributed by atoms with Crippen LogP contribution in [0.15, 0.2) is 267 Å². The largest absolute Gasteiger partial charge is 0.497 e. The molecule has 9 aromatic heterocycles. The van der Waals surface area contributed by atoms with E-state index in [2.05, 4.69) is 175 Å². The Morgan fingerprint density at radius 2 is 0.664 bits per heavy atom. The predicted molar refractivity (Wildman–Crippen MR) is 548 cm³/mol. The number of para-hydroxylation sites is 3. The number of H-pyrrole nitrogens is 8. The average molecular weight is 1870 g/mol. The molecule has 21 rings (SSSR count). The number of hydrogen-bond donors (Lipinski definition) is 13. The summed E-state index contributed by atoms with van der Waals surface area (Å²) in [6.45, 7) is 10.6. The van der Waals surface area contributed by atoms with E-state index in [-0.39, 0.29) is 29.5 Å². The van der Waals surface area contributed by atoms with Crippen LogP contribution < -0.4 is 55.0 Å². The van der Waals surface area contributed by atoms with Gasteiger partial charge in [0.05, 0.1) is 88.7 Å². The molecule has 26 nitrogen and oxygen atoms in total. The van der Waals surface area contributed by atoms with Gasteiger partial charge in [0.2, 0.25) is 29.5 Å². The van der Waals surface area contributed by atoms with E-state index in [0.29, 0.717) is 45.6 Å². The van der Waals surface area contributed by atoms with Crippen molar-refractivity contribution in [2.45, 2.75) is 86.3 Å². The Bertz CT molecular complexity index is 7810. The van der Waals surface area contributed by atoms with E-state index in [0.717, 1.165) is 214 Å². The van der Waals surface area contributed by atoms with Gasteiger partial charge in [-0.1, -0.05) is 96.3 Å². The van der Waals surface area contributed by atoms with Gasteiger partial charge in [0.1, 0.15) is 45.7 Å². The molecule has 0 radical (unpaired) electrons. The second-order valence-corrected chi connectivity index (χ2v) is 35.2. The maximum absolute atomic E-state index is 11.5. The lowest BCUT2D eigenvalue weighted by atomic mass is 10.0. The van der Waals surface area contributed by atoms with E-state index in [1.807, 2.05) is 157 Å². The second kappa shape index (κ2) is 42.1. The molecule has 20 aromatic rings. The molecule has 11 aromatic carbocycles. The van der Waals surface area contributed by atoms with Crippen LogP contribution in [0.3, 0.4) is 0 Å². The van der Waals surface area contributed by atoms with Gasteiger partial charge in [-0.05, 0) is 218 Å². The molecular weight excluding hydrogens is 1760 g/mol. The van der Waals surface area contributed by atoms with Crippen molar-refractivity contribution in [3.8, 4) is 91.0 Å². The zero-order chi connectivity index (χ0) is 95.3. The SMILES string of the molecule is COc1ccc2[nH]c(-c3[nH]c4ccc(OC)cc4c3CCNC(C)=O)cc2c1.COc1ccc2[nH]c(-c3cc4ccccc4[nH]3)c(CCNC(C)=O)c2c1.COc1ccc2[nH]c(-c3cccc4c3Sc3ccccc3S4)c(CCNC(C)=O)c2c1.COc1ccc2[nH]c(-c3cccc4c3oc3ccccc34)c(CCNC(C)=O)c2c1.COc1ccc2[nH]c(-c3cn[nH]c3)c(CCNC(C)=O)c2c1. The number of hydrogen-bond acceptors (Lipinski definition) is 15. The molecule has 1 aliphatic heterocycles. The van der Waals surface area contributed by atoms with Gasteiger partial charge in [0, 0.05) is 197 Å². The van der Waals surface area contributed by atoms with Crippen molar-refractivity contribution >= 4 is 151 Å². The van der Waals surface area contributed by atoms with Crippen molar-refractivity contribution in [1.29, 1.82) is 0 Å². The summed E-state index contributed by atoms with van der Waals surface area (Å²) in [5.74, 6) is 4.77. The second-order valence-electron chi connectivity index (χ2n) is 33.1. The Balaban J connectivity index is 0.000000119. The van der Waals surface area contributed by atoms with Crippen molar-refractivity contribution in [2.24, 2.45) is 0 Å². The van der Waals surface area contributed by atoms with Crippen LogP contribution in [0.4, 0.5) is 0 Å². The summed E-state index contributed by atoms with van der Waals surface area (Å²) >= 11 is 3.64. The number of nitrogens with one attached hydrogen (secondary N) is 13. The Morgan fingerprint density at radius 3 is 1.11 bits per heavy atom. The quantitative estimate of drug-likeness (QED) is 0.0240. The van der Waals surface area contributed by atoms with E-state index in [1.54, 1.807) is 55.8 Å². The molecule has 10 heterocycles. The lowest BCUT2D eigenvalue weighted by molar-refractivity contribution is -0.119. The number of furan rings is 1. The highest BCUT2D eigenvalue weighted by molar-refractivity contribution is 8.05.